The van der Waals surface area contributed by atoms with Crippen LogP contribution >= 0.6 is 0 Å². The van der Waals surface area contributed by atoms with Gasteiger partial charge in [0.25, 0.3) is 11.8 Å². The lowest BCUT2D eigenvalue weighted by molar-refractivity contribution is -0.135. The number of carbonyl (C=O) groups is 2. The summed E-state index contributed by atoms with van der Waals surface area (Å²) in [5.74, 6) is -0.442. The standard InChI is InChI=1S/C26H30N4O6S/c1-37(34,35)30-15-13-29(14-16-30)24(26(32)28-33)17-27-25(31)20-9-11-22(12-10-20)36-18-21-7-4-6-19-5-2-3-8-23(19)21/h2-12,24,33H,13-18H2,1H3,(H,27,31)(H,28,32). The minimum Gasteiger partial charge on any atom is -0.489 e. The van der Waals surface area contributed by atoms with Crippen molar-refractivity contribution in [2.24, 2.45) is 0 Å². The number of amides is 2. The van der Waals surface area contributed by atoms with Gasteiger partial charge in [-0.05, 0) is 40.6 Å². The van der Waals surface area contributed by atoms with Crippen LogP contribution in [-0.4, -0.2) is 79.7 Å². The van der Waals surface area contributed by atoms with Gasteiger partial charge >= 0.3 is 0 Å². The molecule has 3 N–H and O–H groups in total. The van der Waals surface area contributed by atoms with Gasteiger partial charge in [0.2, 0.25) is 10.0 Å². The van der Waals surface area contributed by atoms with Gasteiger partial charge in [-0.1, -0.05) is 42.5 Å². The minimum absolute atomic E-state index is 0.0521. The monoisotopic (exact) mass is 526 g/mol. The predicted molar refractivity (Wildman–Crippen MR) is 139 cm³/mol. The zero-order valence-corrected chi connectivity index (χ0v) is 21.3. The highest BCUT2D eigenvalue weighted by Gasteiger charge is 2.31. The Balaban J connectivity index is 1.33. The van der Waals surface area contributed by atoms with Crippen molar-refractivity contribution in [1.29, 1.82) is 0 Å². The van der Waals surface area contributed by atoms with Crippen LogP contribution in [0.3, 0.4) is 0 Å². The molecule has 4 rings (SSSR count). The molecule has 2 amide bonds. The van der Waals surface area contributed by atoms with E-state index in [0.717, 1.165) is 22.6 Å². The van der Waals surface area contributed by atoms with Crippen LogP contribution in [0.5, 0.6) is 5.75 Å². The molecule has 1 atom stereocenters. The smallest absolute Gasteiger partial charge is 0.262 e. The fourth-order valence-corrected chi connectivity index (χ4v) is 5.21. The maximum absolute atomic E-state index is 12.7. The number of hydrogen-bond acceptors (Lipinski definition) is 7. The van der Waals surface area contributed by atoms with Crippen molar-refractivity contribution < 1.29 is 28.0 Å². The lowest BCUT2D eigenvalue weighted by Crippen LogP contribution is -2.58. The number of nitrogens with one attached hydrogen (secondary N) is 2. The maximum atomic E-state index is 12.7. The van der Waals surface area contributed by atoms with Crippen LogP contribution in [0.4, 0.5) is 0 Å². The van der Waals surface area contributed by atoms with Gasteiger partial charge in [0.15, 0.2) is 0 Å². The highest BCUT2D eigenvalue weighted by Crippen LogP contribution is 2.21. The molecule has 0 spiro atoms. The lowest BCUT2D eigenvalue weighted by Gasteiger charge is -2.37. The zero-order chi connectivity index (χ0) is 26.4. The number of sulfonamides is 1. The third kappa shape index (κ3) is 6.63. The van der Waals surface area contributed by atoms with Crippen molar-refractivity contribution in [2.75, 3.05) is 39.0 Å². The van der Waals surface area contributed by atoms with E-state index in [-0.39, 0.29) is 25.5 Å². The van der Waals surface area contributed by atoms with Gasteiger partial charge in [0, 0.05) is 38.3 Å². The van der Waals surface area contributed by atoms with Gasteiger partial charge in [-0.15, -0.1) is 0 Å². The van der Waals surface area contributed by atoms with Crippen molar-refractivity contribution in [1.82, 2.24) is 20.0 Å². The number of benzene rings is 3. The lowest BCUT2D eigenvalue weighted by atomic mass is 10.1. The third-order valence-corrected chi connectivity index (χ3v) is 7.75. The average Bonchev–Trinajstić information content (AvgIpc) is 2.91. The Morgan fingerprint density at radius 3 is 2.32 bits per heavy atom. The molecule has 3 aromatic carbocycles. The molecule has 37 heavy (non-hydrogen) atoms. The summed E-state index contributed by atoms with van der Waals surface area (Å²) < 4.78 is 30.7. The highest BCUT2D eigenvalue weighted by molar-refractivity contribution is 7.88. The Morgan fingerprint density at radius 1 is 0.973 bits per heavy atom. The molecule has 1 heterocycles. The van der Waals surface area contributed by atoms with E-state index in [4.69, 9.17) is 9.94 Å². The van der Waals surface area contributed by atoms with Gasteiger partial charge in [-0.2, -0.15) is 4.31 Å². The van der Waals surface area contributed by atoms with E-state index < -0.39 is 22.0 Å². The molecule has 0 radical (unpaired) electrons. The summed E-state index contributed by atoms with van der Waals surface area (Å²) in [6.45, 7) is 1.37. The molecule has 196 valence electrons. The second kappa shape index (κ2) is 11.7. The summed E-state index contributed by atoms with van der Waals surface area (Å²) in [6.07, 6.45) is 1.14. The zero-order valence-electron chi connectivity index (χ0n) is 20.5. The number of carbonyl (C=O) groups excluding carboxylic acids is 2. The number of fused-ring (bicyclic) bond motifs is 1. The summed E-state index contributed by atoms with van der Waals surface area (Å²) in [4.78, 5) is 26.7. The van der Waals surface area contributed by atoms with Gasteiger partial charge in [-0.25, -0.2) is 13.9 Å². The topological polar surface area (TPSA) is 128 Å². The molecule has 0 aliphatic carbocycles. The Morgan fingerprint density at radius 2 is 1.65 bits per heavy atom. The summed E-state index contributed by atoms with van der Waals surface area (Å²) in [7, 11) is -3.32. The Labute approximate surface area is 215 Å². The molecule has 1 aliphatic heterocycles. The summed E-state index contributed by atoms with van der Waals surface area (Å²) in [5.41, 5.74) is 3.08. The van der Waals surface area contributed by atoms with Crippen LogP contribution in [0, 0.1) is 0 Å². The first kappa shape index (κ1) is 26.6. The van der Waals surface area contributed by atoms with Crippen molar-refractivity contribution in [3.8, 4) is 5.75 Å². The number of hydrogen-bond donors (Lipinski definition) is 3. The van der Waals surface area contributed by atoms with E-state index in [9.17, 15) is 18.0 Å². The third-order valence-electron chi connectivity index (χ3n) is 6.44. The predicted octanol–water partition coefficient (Wildman–Crippen LogP) is 1.60. The van der Waals surface area contributed by atoms with Crippen LogP contribution in [0.2, 0.25) is 0 Å². The van der Waals surface area contributed by atoms with Crippen molar-refractivity contribution >= 4 is 32.6 Å². The highest BCUT2D eigenvalue weighted by atomic mass is 32.2. The molecule has 0 saturated carbocycles. The van der Waals surface area contributed by atoms with Gasteiger partial charge < -0.3 is 10.1 Å². The molecule has 11 heteroatoms. The Kier molecular flexibility index (Phi) is 8.39. The van der Waals surface area contributed by atoms with E-state index in [0.29, 0.717) is 31.0 Å². The first-order chi connectivity index (χ1) is 17.8. The fourth-order valence-electron chi connectivity index (χ4n) is 4.38. The van der Waals surface area contributed by atoms with E-state index in [2.05, 4.69) is 23.5 Å². The van der Waals surface area contributed by atoms with E-state index in [1.54, 1.807) is 34.6 Å². The van der Waals surface area contributed by atoms with Crippen molar-refractivity contribution in [3.05, 3.63) is 77.9 Å². The minimum atomic E-state index is -3.32. The quantitative estimate of drug-likeness (QED) is 0.285. The van der Waals surface area contributed by atoms with Crippen LogP contribution < -0.4 is 15.5 Å². The van der Waals surface area contributed by atoms with E-state index >= 15 is 0 Å². The fraction of sp³-hybridized carbons (Fsp3) is 0.308. The largest absolute Gasteiger partial charge is 0.489 e. The average molecular weight is 527 g/mol. The molecule has 1 fully saturated rings. The number of nitrogens with zero attached hydrogens (tertiary/aromatic N) is 2. The second-order valence-electron chi connectivity index (χ2n) is 8.85. The van der Waals surface area contributed by atoms with E-state index in [1.165, 1.54) is 4.31 Å². The van der Waals surface area contributed by atoms with Gasteiger partial charge in [0.1, 0.15) is 18.4 Å². The summed E-state index contributed by atoms with van der Waals surface area (Å²) in [5, 5.41) is 14.2. The molecule has 1 aliphatic rings. The number of ether oxygens (including phenoxy) is 1. The maximum Gasteiger partial charge on any atom is 0.262 e. The number of rotatable bonds is 9. The van der Waals surface area contributed by atoms with Crippen molar-refractivity contribution in [2.45, 2.75) is 12.6 Å². The first-order valence-electron chi connectivity index (χ1n) is 11.9. The van der Waals surface area contributed by atoms with Crippen LogP contribution in [0.1, 0.15) is 15.9 Å². The van der Waals surface area contributed by atoms with E-state index in [1.807, 2.05) is 24.3 Å². The normalized spacial score (nSPS) is 15.7. The van der Waals surface area contributed by atoms with Crippen molar-refractivity contribution in [3.63, 3.8) is 0 Å². The van der Waals surface area contributed by atoms with Gasteiger partial charge in [-0.3, -0.25) is 19.7 Å². The molecule has 10 nitrogen and oxygen atoms in total. The summed E-state index contributed by atoms with van der Waals surface area (Å²) >= 11 is 0. The van der Waals surface area contributed by atoms with Crippen LogP contribution in [0.15, 0.2) is 66.7 Å². The molecule has 0 bridgehead atoms. The SMILES string of the molecule is CS(=O)(=O)N1CCN(C(CNC(=O)c2ccc(OCc3cccc4ccccc34)cc2)C(=O)NO)CC1. The number of piperazine rings is 1. The molecule has 3 aromatic rings. The van der Waals surface area contributed by atoms with Crippen LogP contribution in [-0.2, 0) is 21.4 Å². The molecular formula is C26H30N4O6S. The molecule has 1 saturated heterocycles. The Bertz CT molecular complexity index is 1350. The summed E-state index contributed by atoms with van der Waals surface area (Å²) in [6, 6.07) is 20.0. The number of hydroxylamine groups is 1. The molecule has 1 unspecified atom stereocenters. The first-order valence-corrected chi connectivity index (χ1v) is 13.7. The molecule has 0 aromatic heterocycles. The second-order valence-corrected chi connectivity index (χ2v) is 10.8. The van der Waals surface area contributed by atoms with Gasteiger partial charge in [0.05, 0.1) is 6.26 Å². The Hall–Kier alpha value is -3.51. The van der Waals surface area contributed by atoms with Crippen LogP contribution in [0.25, 0.3) is 10.8 Å². The molecular weight excluding hydrogens is 496 g/mol.